The summed E-state index contributed by atoms with van der Waals surface area (Å²) in [5, 5.41) is 15.8. The van der Waals surface area contributed by atoms with E-state index >= 15 is 0 Å². The molecule has 1 aromatic carbocycles. The molecule has 0 aliphatic carbocycles. The van der Waals surface area contributed by atoms with Crippen molar-refractivity contribution < 1.29 is 14.7 Å². The van der Waals surface area contributed by atoms with Crippen LogP contribution >= 0.6 is 23.2 Å². The van der Waals surface area contributed by atoms with Crippen molar-refractivity contribution >= 4 is 46.8 Å². The number of halogens is 2. The molecule has 1 saturated heterocycles. The highest BCUT2D eigenvalue weighted by atomic mass is 35.5. The number of ketones is 1. The Balaban J connectivity index is 1.90. The minimum Gasteiger partial charge on any atom is -0.478 e. The van der Waals surface area contributed by atoms with Gasteiger partial charge in [-0.1, -0.05) is 35.3 Å². The Labute approximate surface area is 166 Å². The second kappa shape index (κ2) is 8.08. The lowest BCUT2D eigenvalue weighted by atomic mass is 9.88. The zero-order valence-corrected chi connectivity index (χ0v) is 15.7. The highest BCUT2D eigenvalue weighted by molar-refractivity contribution is 6.35. The van der Waals surface area contributed by atoms with Crippen LogP contribution in [0, 0.1) is 0 Å². The SMILES string of the molecule is O=C(O)/C=C/c1cnc(N[C@]2(C(=O)c3ccccc3Cl)CCNC2)c(Cl)c1. The van der Waals surface area contributed by atoms with E-state index in [0.29, 0.717) is 46.5 Å². The molecule has 0 radical (unpaired) electrons. The molecular weight excluding hydrogens is 389 g/mol. The zero-order valence-electron chi connectivity index (χ0n) is 14.2. The van der Waals surface area contributed by atoms with E-state index in [0.717, 1.165) is 6.08 Å². The summed E-state index contributed by atoms with van der Waals surface area (Å²) < 4.78 is 0. The molecule has 0 bridgehead atoms. The number of pyridine rings is 1. The van der Waals surface area contributed by atoms with Crippen molar-refractivity contribution in [2.45, 2.75) is 12.0 Å². The van der Waals surface area contributed by atoms with Crippen LogP contribution in [-0.2, 0) is 4.79 Å². The topological polar surface area (TPSA) is 91.3 Å². The van der Waals surface area contributed by atoms with E-state index in [1.54, 1.807) is 30.3 Å². The molecule has 3 rings (SSSR count). The molecule has 8 heteroatoms. The number of carbonyl (C=O) groups is 2. The smallest absolute Gasteiger partial charge is 0.328 e. The maximum absolute atomic E-state index is 13.2. The van der Waals surface area contributed by atoms with Gasteiger partial charge in [-0.3, -0.25) is 4.79 Å². The van der Waals surface area contributed by atoms with Crippen LogP contribution in [0.4, 0.5) is 5.82 Å². The number of aliphatic carboxylic acids is 1. The van der Waals surface area contributed by atoms with Crippen LogP contribution in [-0.4, -0.2) is 40.5 Å². The fourth-order valence-electron chi connectivity index (χ4n) is 2.98. The van der Waals surface area contributed by atoms with Gasteiger partial charge in [-0.15, -0.1) is 0 Å². The molecule has 0 amide bonds. The summed E-state index contributed by atoms with van der Waals surface area (Å²) in [5.74, 6) is -0.839. The zero-order chi connectivity index (χ0) is 19.4. The number of carboxylic acid groups (broad SMARTS) is 1. The van der Waals surface area contributed by atoms with Crippen molar-refractivity contribution in [1.82, 2.24) is 10.3 Å². The summed E-state index contributed by atoms with van der Waals surface area (Å²) in [5.41, 5.74) is 0.0662. The Morgan fingerprint density at radius 3 is 2.67 bits per heavy atom. The average molecular weight is 406 g/mol. The Kier molecular flexibility index (Phi) is 5.79. The van der Waals surface area contributed by atoms with Gasteiger partial charge < -0.3 is 15.7 Å². The molecule has 27 heavy (non-hydrogen) atoms. The molecule has 1 aliphatic heterocycles. The van der Waals surface area contributed by atoms with Gasteiger partial charge in [0.25, 0.3) is 0 Å². The molecule has 1 atom stereocenters. The number of aromatic nitrogens is 1. The number of nitrogens with one attached hydrogen (secondary N) is 2. The first kappa shape index (κ1) is 19.4. The van der Waals surface area contributed by atoms with Gasteiger partial charge in [-0.05, 0) is 42.8 Å². The summed E-state index contributed by atoms with van der Waals surface area (Å²) in [7, 11) is 0. The summed E-state index contributed by atoms with van der Waals surface area (Å²) in [6, 6.07) is 8.51. The van der Waals surface area contributed by atoms with Crippen LogP contribution in [0.1, 0.15) is 22.3 Å². The lowest BCUT2D eigenvalue weighted by Gasteiger charge is -2.29. The predicted octanol–water partition coefficient (Wildman–Crippen LogP) is 3.51. The van der Waals surface area contributed by atoms with E-state index in [4.69, 9.17) is 28.3 Å². The third-order valence-electron chi connectivity index (χ3n) is 4.35. The standard InChI is InChI=1S/C19H17Cl2N3O3/c20-14-4-2-1-3-13(14)17(27)19(7-8-22-11-19)24-18-15(21)9-12(10-23-18)5-6-16(25)26/h1-6,9-10,22H,7-8,11H2,(H,23,24)(H,25,26)/b6-5+/t19-/m1/s1. The summed E-state index contributed by atoms with van der Waals surface area (Å²) in [6.45, 7) is 1.08. The number of anilines is 1. The largest absolute Gasteiger partial charge is 0.478 e. The minimum atomic E-state index is -1.06. The van der Waals surface area contributed by atoms with Crippen molar-refractivity contribution in [3.63, 3.8) is 0 Å². The van der Waals surface area contributed by atoms with E-state index in [9.17, 15) is 9.59 Å². The van der Waals surface area contributed by atoms with Crippen molar-refractivity contribution in [2.75, 3.05) is 18.4 Å². The third-order valence-corrected chi connectivity index (χ3v) is 4.96. The summed E-state index contributed by atoms with van der Waals surface area (Å²) in [4.78, 5) is 28.1. The monoisotopic (exact) mass is 405 g/mol. The maximum atomic E-state index is 13.2. The molecule has 0 spiro atoms. The van der Waals surface area contributed by atoms with Crippen LogP contribution < -0.4 is 10.6 Å². The molecule has 1 aliphatic rings. The fraction of sp³-hybridized carbons (Fsp3) is 0.211. The quantitative estimate of drug-likeness (QED) is 0.503. The number of carbonyl (C=O) groups excluding carboxylic acids is 1. The number of benzene rings is 1. The normalized spacial score (nSPS) is 19.3. The number of nitrogens with zero attached hydrogens (tertiary/aromatic N) is 1. The van der Waals surface area contributed by atoms with Crippen molar-refractivity contribution in [3.8, 4) is 0 Å². The van der Waals surface area contributed by atoms with E-state index in [-0.39, 0.29) is 5.78 Å². The molecule has 2 aromatic rings. The van der Waals surface area contributed by atoms with Crippen molar-refractivity contribution in [2.24, 2.45) is 0 Å². The minimum absolute atomic E-state index is 0.134. The van der Waals surface area contributed by atoms with E-state index in [1.165, 1.54) is 12.3 Å². The molecule has 2 heterocycles. The molecule has 1 aromatic heterocycles. The van der Waals surface area contributed by atoms with Gasteiger partial charge >= 0.3 is 5.97 Å². The summed E-state index contributed by atoms with van der Waals surface area (Å²) >= 11 is 12.5. The van der Waals surface area contributed by atoms with Crippen LogP contribution in [0.25, 0.3) is 6.08 Å². The van der Waals surface area contributed by atoms with E-state index in [2.05, 4.69) is 15.6 Å². The van der Waals surface area contributed by atoms with Crippen LogP contribution in [0.2, 0.25) is 10.0 Å². The number of carboxylic acids is 1. The molecule has 140 valence electrons. The molecular formula is C19H17Cl2N3O3. The van der Waals surface area contributed by atoms with Gasteiger partial charge in [-0.2, -0.15) is 0 Å². The number of hydrogen-bond donors (Lipinski definition) is 3. The lowest BCUT2D eigenvalue weighted by Crippen LogP contribution is -2.48. The van der Waals surface area contributed by atoms with Gasteiger partial charge in [0.15, 0.2) is 5.78 Å². The first-order valence-corrected chi connectivity index (χ1v) is 9.02. The number of hydrogen-bond acceptors (Lipinski definition) is 5. The predicted molar refractivity (Wildman–Crippen MR) is 106 cm³/mol. The van der Waals surface area contributed by atoms with Crippen LogP contribution in [0.3, 0.4) is 0 Å². The van der Waals surface area contributed by atoms with Gasteiger partial charge in [0.2, 0.25) is 0 Å². The maximum Gasteiger partial charge on any atom is 0.328 e. The molecule has 1 fully saturated rings. The van der Waals surface area contributed by atoms with Crippen molar-refractivity contribution in [1.29, 1.82) is 0 Å². The number of rotatable bonds is 6. The molecule has 0 unspecified atom stereocenters. The van der Waals surface area contributed by atoms with Gasteiger partial charge in [0.05, 0.1) is 10.0 Å². The Morgan fingerprint density at radius 1 is 1.26 bits per heavy atom. The Morgan fingerprint density at radius 2 is 2.04 bits per heavy atom. The average Bonchev–Trinajstić information content (AvgIpc) is 3.11. The third kappa shape index (κ3) is 4.30. The molecule has 0 saturated carbocycles. The highest BCUT2D eigenvalue weighted by Gasteiger charge is 2.42. The second-order valence-corrected chi connectivity index (χ2v) is 7.03. The second-order valence-electron chi connectivity index (χ2n) is 6.21. The Bertz CT molecular complexity index is 909. The Hall–Kier alpha value is -2.41. The van der Waals surface area contributed by atoms with Crippen molar-refractivity contribution in [3.05, 3.63) is 63.8 Å². The van der Waals surface area contributed by atoms with Gasteiger partial charge in [-0.25, -0.2) is 9.78 Å². The highest BCUT2D eigenvalue weighted by Crippen LogP contribution is 2.31. The number of Topliss-reactive ketones (excluding diaryl/α,β-unsaturated/α-hetero) is 1. The van der Waals surface area contributed by atoms with Crippen LogP contribution in [0.15, 0.2) is 42.6 Å². The van der Waals surface area contributed by atoms with E-state index in [1.807, 2.05) is 0 Å². The first-order chi connectivity index (χ1) is 12.9. The molecule has 3 N–H and O–H groups in total. The lowest BCUT2D eigenvalue weighted by molar-refractivity contribution is -0.131. The van der Waals surface area contributed by atoms with Gasteiger partial charge in [0.1, 0.15) is 11.4 Å². The summed E-state index contributed by atoms with van der Waals surface area (Å²) in [6.07, 6.45) is 4.44. The molecule has 6 nitrogen and oxygen atoms in total. The fourth-order valence-corrected chi connectivity index (χ4v) is 3.43. The van der Waals surface area contributed by atoms with Crippen LogP contribution in [0.5, 0.6) is 0 Å². The van der Waals surface area contributed by atoms with Gasteiger partial charge in [0, 0.05) is 24.4 Å². The van der Waals surface area contributed by atoms with E-state index < -0.39 is 11.5 Å². The first-order valence-electron chi connectivity index (χ1n) is 8.26.